The topological polar surface area (TPSA) is 52.6 Å². The minimum absolute atomic E-state index is 0.228. The monoisotopic (exact) mass is 342 g/mol. The van der Waals surface area contributed by atoms with E-state index in [1.165, 1.54) is 0 Å². The second kappa shape index (κ2) is 7.43. The first-order valence-electron chi connectivity index (χ1n) is 6.53. The smallest absolute Gasteiger partial charge is 0.323 e. The molecule has 110 valence electrons. The van der Waals surface area contributed by atoms with E-state index in [-0.39, 0.29) is 19.6 Å². The van der Waals surface area contributed by atoms with Crippen molar-refractivity contribution in [2.24, 2.45) is 5.41 Å². The first kappa shape index (κ1) is 16.7. The van der Waals surface area contributed by atoms with Gasteiger partial charge in [0, 0.05) is 4.47 Å². The van der Waals surface area contributed by atoms with Crippen LogP contribution in [0.5, 0.6) is 0 Å². The van der Waals surface area contributed by atoms with Crippen molar-refractivity contribution >= 4 is 27.9 Å². The molecular formula is C15H19BrO4. The van der Waals surface area contributed by atoms with E-state index in [2.05, 4.69) is 15.9 Å². The third kappa shape index (κ3) is 4.07. The molecule has 20 heavy (non-hydrogen) atoms. The highest BCUT2D eigenvalue weighted by Crippen LogP contribution is 2.27. The SMILES string of the molecule is CCOC(=O)C(C)(Cc1cccc(Br)c1)C(=O)OCC. The van der Waals surface area contributed by atoms with Gasteiger partial charge in [-0.2, -0.15) is 0 Å². The Hall–Kier alpha value is -1.36. The highest BCUT2D eigenvalue weighted by Gasteiger charge is 2.44. The third-order valence-corrected chi connectivity index (χ3v) is 3.39. The Labute approximate surface area is 127 Å². The second-order valence-electron chi connectivity index (χ2n) is 4.58. The van der Waals surface area contributed by atoms with Crippen LogP contribution < -0.4 is 0 Å². The molecule has 0 unspecified atom stereocenters. The number of carbonyl (C=O) groups excluding carboxylic acids is 2. The molecule has 0 aromatic heterocycles. The van der Waals surface area contributed by atoms with Crippen LogP contribution in [-0.2, 0) is 25.5 Å². The predicted molar refractivity (Wildman–Crippen MR) is 79.2 cm³/mol. The van der Waals surface area contributed by atoms with E-state index in [1.54, 1.807) is 20.8 Å². The average Bonchev–Trinajstić information content (AvgIpc) is 2.39. The molecule has 0 aliphatic rings. The predicted octanol–water partition coefficient (Wildman–Crippen LogP) is 3.12. The molecule has 0 bridgehead atoms. The molecule has 0 radical (unpaired) electrons. The minimum Gasteiger partial charge on any atom is -0.465 e. The van der Waals surface area contributed by atoms with Gasteiger partial charge in [0.1, 0.15) is 0 Å². The van der Waals surface area contributed by atoms with Crippen LogP contribution in [0.4, 0.5) is 0 Å². The molecule has 1 rings (SSSR count). The zero-order valence-corrected chi connectivity index (χ0v) is 13.5. The molecule has 0 heterocycles. The van der Waals surface area contributed by atoms with Crippen molar-refractivity contribution in [1.82, 2.24) is 0 Å². The van der Waals surface area contributed by atoms with Crippen molar-refractivity contribution < 1.29 is 19.1 Å². The lowest BCUT2D eigenvalue weighted by Gasteiger charge is -2.25. The van der Waals surface area contributed by atoms with E-state index in [0.717, 1.165) is 10.0 Å². The van der Waals surface area contributed by atoms with E-state index in [9.17, 15) is 9.59 Å². The largest absolute Gasteiger partial charge is 0.465 e. The van der Waals surface area contributed by atoms with Crippen molar-refractivity contribution in [2.45, 2.75) is 27.2 Å². The summed E-state index contributed by atoms with van der Waals surface area (Å²) in [5, 5.41) is 0. The molecular weight excluding hydrogens is 324 g/mol. The molecule has 0 saturated heterocycles. The Bertz CT molecular complexity index is 467. The molecule has 0 spiro atoms. The standard InChI is InChI=1S/C15H19BrO4/c1-4-19-13(17)15(3,14(18)20-5-2)10-11-7-6-8-12(16)9-11/h6-9H,4-5,10H2,1-3H3. The minimum atomic E-state index is -1.33. The maximum atomic E-state index is 12.1. The molecule has 0 saturated carbocycles. The first-order valence-corrected chi connectivity index (χ1v) is 7.32. The Morgan fingerprint density at radius 3 is 2.15 bits per heavy atom. The number of rotatable bonds is 6. The highest BCUT2D eigenvalue weighted by molar-refractivity contribution is 9.10. The summed E-state index contributed by atoms with van der Waals surface area (Å²) in [6.07, 6.45) is 0.240. The summed E-state index contributed by atoms with van der Waals surface area (Å²) in [6, 6.07) is 7.48. The average molecular weight is 343 g/mol. The van der Waals surface area contributed by atoms with Crippen molar-refractivity contribution in [1.29, 1.82) is 0 Å². The fourth-order valence-electron chi connectivity index (χ4n) is 1.86. The van der Waals surface area contributed by atoms with Gasteiger partial charge < -0.3 is 9.47 Å². The summed E-state index contributed by atoms with van der Waals surface area (Å²) >= 11 is 3.37. The van der Waals surface area contributed by atoms with Crippen LogP contribution in [0, 0.1) is 5.41 Å². The van der Waals surface area contributed by atoms with Crippen molar-refractivity contribution in [2.75, 3.05) is 13.2 Å². The second-order valence-corrected chi connectivity index (χ2v) is 5.50. The number of esters is 2. The Morgan fingerprint density at radius 1 is 1.15 bits per heavy atom. The fourth-order valence-corrected chi connectivity index (χ4v) is 2.31. The summed E-state index contributed by atoms with van der Waals surface area (Å²) < 4.78 is 10.9. The quantitative estimate of drug-likeness (QED) is 0.588. The van der Waals surface area contributed by atoms with Gasteiger partial charge in [-0.15, -0.1) is 0 Å². The summed E-state index contributed by atoms with van der Waals surface area (Å²) in [4.78, 5) is 24.3. The van der Waals surface area contributed by atoms with Crippen LogP contribution in [-0.4, -0.2) is 25.2 Å². The number of hydrogen-bond acceptors (Lipinski definition) is 4. The van der Waals surface area contributed by atoms with Crippen LogP contribution in [0.2, 0.25) is 0 Å². The number of carbonyl (C=O) groups is 2. The molecule has 0 atom stereocenters. The van der Waals surface area contributed by atoms with Gasteiger partial charge in [-0.05, 0) is 44.9 Å². The molecule has 0 N–H and O–H groups in total. The van der Waals surface area contributed by atoms with Crippen molar-refractivity contribution in [3.05, 3.63) is 34.3 Å². The van der Waals surface area contributed by atoms with Gasteiger partial charge in [0.05, 0.1) is 13.2 Å². The fraction of sp³-hybridized carbons (Fsp3) is 0.467. The highest BCUT2D eigenvalue weighted by atomic mass is 79.9. The van der Waals surface area contributed by atoms with Gasteiger partial charge in [0.25, 0.3) is 0 Å². The maximum absolute atomic E-state index is 12.1. The van der Waals surface area contributed by atoms with Crippen molar-refractivity contribution in [3.63, 3.8) is 0 Å². The number of halogens is 1. The molecule has 4 nitrogen and oxygen atoms in total. The molecule has 0 aliphatic heterocycles. The van der Waals surface area contributed by atoms with Crippen LogP contribution in [0.25, 0.3) is 0 Å². The molecule has 0 fully saturated rings. The van der Waals surface area contributed by atoms with Gasteiger partial charge >= 0.3 is 11.9 Å². The van der Waals surface area contributed by atoms with E-state index < -0.39 is 17.4 Å². The molecule has 1 aromatic rings. The Kier molecular flexibility index (Phi) is 6.20. The normalized spacial score (nSPS) is 11.0. The zero-order chi connectivity index (χ0) is 15.2. The Balaban J connectivity index is 3.04. The summed E-state index contributed by atoms with van der Waals surface area (Å²) in [7, 11) is 0. The number of ether oxygens (including phenoxy) is 2. The van der Waals surface area contributed by atoms with Crippen LogP contribution in [0.3, 0.4) is 0 Å². The first-order chi connectivity index (χ1) is 9.43. The van der Waals surface area contributed by atoms with Gasteiger partial charge in [0.15, 0.2) is 5.41 Å². The van der Waals surface area contributed by atoms with Crippen LogP contribution in [0.1, 0.15) is 26.3 Å². The lowest BCUT2D eigenvalue weighted by Crippen LogP contribution is -2.41. The van der Waals surface area contributed by atoms with Gasteiger partial charge in [0.2, 0.25) is 0 Å². The molecule has 1 aromatic carbocycles. The van der Waals surface area contributed by atoms with Gasteiger partial charge in [-0.3, -0.25) is 9.59 Å². The Morgan fingerprint density at radius 2 is 1.70 bits per heavy atom. The lowest BCUT2D eigenvalue weighted by molar-refractivity contribution is -0.170. The number of benzene rings is 1. The van der Waals surface area contributed by atoms with E-state index in [0.29, 0.717) is 0 Å². The van der Waals surface area contributed by atoms with Gasteiger partial charge in [-0.1, -0.05) is 28.1 Å². The summed E-state index contributed by atoms with van der Waals surface area (Å²) in [6.45, 7) is 5.44. The maximum Gasteiger partial charge on any atom is 0.323 e. The lowest BCUT2D eigenvalue weighted by atomic mass is 9.83. The summed E-state index contributed by atoms with van der Waals surface area (Å²) in [5.74, 6) is -1.11. The summed E-state index contributed by atoms with van der Waals surface area (Å²) in [5.41, 5.74) is -0.463. The number of hydrogen-bond donors (Lipinski definition) is 0. The van der Waals surface area contributed by atoms with Crippen molar-refractivity contribution in [3.8, 4) is 0 Å². The van der Waals surface area contributed by atoms with Crippen LogP contribution >= 0.6 is 15.9 Å². The van der Waals surface area contributed by atoms with E-state index >= 15 is 0 Å². The van der Waals surface area contributed by atoms with Crippen LogP contribution in [0.15, 0.2) is 28.7 Å². The van der Waals surface area contributed by atoms with E-state index in [1.807, 2.05) is 24.3 Å². The zero-order valence-electron chi connectivity index (χ0n) is 11.9. The van der Waals surface area contributed by atoms with Gasteiger partial charge in [-0.25, -0.2) is 0 Å². The molecule has 5 heteroatoms. The van der Waals surface area contributed by atoms with E-state index in [4.69, 9.17) is 9.47 Å². The third-order valence-electron chi connectivity index (χ3n) is 2.90. The molecule has 0 amide bonds. The molecule has 0 aliphatic carbocycles.